The molecule has 160 valence electrons. The van der Waals surface area contributed by atoms with Crippen LogP contribution < -0.4 is 0 Å². The fourth-order valence-electron chi connectivity index (χ4n) is 5.62. The van der Waals surface area contributed by atoms with E-state index in [-0.39, 0.29) is 0 Å². The van der Waals surface area contributed by atoms with Crippen molar-refractivity contribution in [1.82, 2.24) is 0 Å². The van der Waals surface area contributed by atoms with E-state index in [2.05, 4.69) is 133 Å². The van der Waals surface area contributed by atoms with Crippen LogP contribution in [0.25, 0.3) is 21.5 Å². The molecular formula is C33H22S. The Bertz CT molecular complexity index is 1540. The summed E-state index contributed by atoms with van der Waals surface area (Å²) in [4.78, 5) is 2.66. The Hall–Kier alpha value is -3.81. The number of benzene rings is 6. The van der Waals surface area contributed by atoms with Crippen LogP contribution in [0.4, 0.5) is 0 Å². The molecule has 34 heavy (non-hydrogen) atoms. The molecule has 0 atom stereocenters. The molecule has 1 aliphatic heterocycles. The molecule has 7 rings (SSSR count). The second-order valence-corrected chi connectivity index (χ2v) is 10.1. The van der Waals surface area contributed by atoms with E-state index in [1.54, 1.807) is 0 Å². The van der Waals surface area contributed by atoms with Crippen LogP contribution in [0, 0.1) is 0 Å². The van der Waals surface area contributed by atoms with Crippen LogP contribution in [0.5, 0.6) is 0 Å². The average Bonchev–Trinajstić information content (AvgIpc) is 2.90. The van der Waals surface area contributed by atoms with Crippen LogP contribution in [0.1, 0.15) is 22.3 Å². The first-order valence-electron chi connectivity index (χ1n) is 11.7. The predicted molar refractivity (Wildman–Crippen MR) is 144 cm³/mol. The van der Waals surface area contributed by atoms with Gasteiger partial charge in [0, 0.05) is 9.79 Å². The lowest BCUT2D eigenvalue weighted by Gasteiger charge is -2.42. The highest BCUT2D eigenvalue weighted by atomic mass is 32.2. The minimum Gasteiger partial charge on any atom is -0.0894 e. The van der Waals surface area contributed by atoms with Crippen LogP contribution in [-0.2, 0) is 5.41 Å². The summed E-state index contributed by atoms with van der Waals surface area (Å²) in [7, 11) is 0. The SMILES string of the molecule is c1ccc(C2(c3ccccc3)c3cc4ccccc4cc3Sc3cc4ccccc4cc32)cc1. The zero-order valence-electron chi connectivity index (χ0n) is 18.6. The predicted octanol–water partition coefficient (Wildman–Crippen LogP) is 8.84. The Morgan fingerprint density at radius 2 is 0.735 bits per heavy atom. The van der Waals surface area contributed by atoms with Gasteiger partial charge in [0.15, 0.2) is 0 Å². The lowest BCUT2D eigenvalue weighted by Crippen LogP contribution is -2.34. The molecule has 1 heteroatoms. The summed E-state index contributed by atoms with van der Waals surface area (Å²) in [5, 5.41) is 5.13. The second kappa shape index (κ2) is 7.62. The molecule has 0 radical (unpaired) electrons. The van der Waals surface area contributed by atoms with Crippen molar-refractivity contribution in [3.63, 3.8) is 0 Å². The van der Waals surface area contributed by atoms with Gasteiger partial charge >= 0.3 is 0 Å². The van der Waals surface area contributed by atoms with Gasteiger partial charge in [0.05, 0.1) is 5.41 Å². The van der Waals surface area contributed by atoms with Gasteiger partial charge in [0.2, 0.25) is 0 Å². The number of hydrogen-bond acceptors (Lipinski definition) is 1. The molecule has 0 saturated carbocycles. The summed E-state index contributed by atoms with van der Waals surface area (Å²) in [6.45, 7) is 0. The molecule has 6 aromatic rings. The van der Waals surface area contributed by atoms with E-state index in [0.717, 1.165) is 0 Å². The number of rotatable bonds is 2. The minimum absolute atomic E-state index is 0.396. The molecule has 0 saturated heterocycles. The zero-order valence-corrected chi connectivity index (χ0v) is 19.4. The molecule has 0 amide bonds. The van der Waals surface area contributed by atoms with Gasteiger partial charge in [-0.15, -0.1) is 0 Å². The van der Waals surface area contributed by atoms with Gasteiger partial charge in [-0.1, -0.05) is 121 Å². The van der Waals surface area contributed by atoms with Crippen LogP contribution in [0.2, 0.25) is 0 Å². The maximum absolute atomic E-state index is 2.43. The highest BCUT2D eigenvalue weighted by Crippen LogP contribution is 2.57. The highest BCUT2D eigenvalue weighted by Gasteiger charge is 2.44. The minimum atomic E-state index is -0.396. The second-order valence-electron chi connectivity index (χ2n) is 8.98. The Morgan fingerprint density at radius 3 is 1.15 bits per heavy atom. The van der Waals surface area contributed by atoms with Crippen LogP contribution in [0.15, 0.2) is 143 Å². The highest BCUT2D eigenvalue weighted by molar-refractivity contribution is 7.99. The third-order valence-corrected chi connectivity index (χ3v) is 8.25. The summed E-state index contributed by atoms with van der Waals surface area (Å²) in [5.74, 6) is 0. The molecule has 0 N–H and O–H groups in total. The van der Waals surface area contributed by atoms with E-state index in [0.29, 0.717) is 0 Å². The van der Waals surface area contributed by atoms with Crippen molar-refractivity contribution in [3.8, 4) is 0 Å². The summed E-state index contributed by atoms with van der Waals surface area (Å²) >= 11 is 1.90. The van der Waals surface area contributed by atoms with Gasteiger partial charge in [-0.3, -0.25) is 0 Å². The average molecular weight is 451 g/mol. The quantitative estimate of drug-likeness (QED) is 0.253. The largest absolute Gasteiger partial charge is 0.0894 e. The molecule has 0 nitrogen and oxygen atoms in total. The van der Waals surface area contributed by atoms with E-state index in [1.165, 1.54) is 53.6 Å². The molecule has 6 aromatic carbocycles. The van der Waals surface area contributed by atoms with Gasteiger partial charge in [-0.2, -0.15) is 0 Å². The summed E-state index contributed by atoms with van der Waals surface area (Å²) < 4.78 is 0. The maximum atomic E-state index is 2.43. The van der Waals surface area contributed by atoms with Gasteiger partial charge in [0.1, 0.15) is 0 Å². The smallest absolute Gasteiger partial charge is 0.0723 e. The number of fused-ring (bicyclic) bond motifs is 4. The fourth-order valence-corrected chi connectivity index (χ4v) is 6.87. The molecule has 0 aromatic heterocycles. The van der Waals surface area contributed by atoms with Crippen molar-refractivity contribution in [2.45, 2.75) is 15.2 Å². The zero-order chi connectivity index (χ0) is 22.5. The monoisotopic (exact) mass is 450 g/mol. The molecule has 1 heterocycles. The molecule has 1 aliphatic rings. The Kier molecular flexibility index (Phi) is 4.40. The summed E-state index contributed by atoms with van der Waals surface area (Å²) in [6, 6.07) is 49.1. The standard InChI is InChI=1S/C33H22S/c1-3-15-27(16-4-1)33(28-17-5-2-6-18-28)29-19-23-11-7-9-13-25(23)21-31(29)34-32-22-26-14-10-8-12-24(26)20-30(32)33/h1-22H. The molecule has 0 spiro atoms. The van der Waals surface area contributed by atoms with E-state index >= 15 is 0 Å². The van der Waals surface area contributed by atoms with E-state index in [1.807, 2.05) is 11.8 Å². The van der Waals surface area contributed by atoms with Gasteiger partial charge in [0.25, 0.3) is 0 Å². The van der Waals surface area contributed by atoms with Crippen molar-refractivity contribution in [2.75, 3.05) is 0 Å². The van der Waals surface area contributed by atoms with Crippen molar-refractivity contribution >= 4 is 33.3 Å². The molecule has 0 unspecified atom stereocenters. The van der Waals surface area contributed by atoms with E-state index in [4.69, 9.17) is 0 Å². The van der Waals surface area contributed by atoms with Crippen molar-refractivity contribution in [3.05, 3.63) is 156 Å². The molecule has 0 aliphatic carbocycles. The summed E-state index contributed by atoms with van der Waals surface area (Å²) in [6.07, 6.45) is 0. The lowest BCUT2D eigenvalue weighted by molar-refractivity contribution is 0.706. The Morgan fingerprint density at radius 1 is 0.382 bits per heavy atom. The summed E-state index contributed by atoms with van der Waals surface area (Å²) in [5.41, 5.74) is 4.92. The van der Waals surface area contributed by atoms with Crippen molar-refractivity contribution in [1.29, 1.82) is 0 Å². The first kappa shape index (κ1) is 19.6. The van der Waals surface area contributed by atoms with Crippen LogP contribution in [0.3, 0.4) is 0 Å². The first-order valence-corrected chi connectivity index (χ1v) is 12.5. The van der Waals surface area contributed by atoms with Crippen LogP contribution >= 0.6 is 11.8 Å². The first-order chi connectivity index (χ1) is 16.8. The lowest BCUT2D eigenvalue weighted by atomic mass is 9.64. The topological polar surface area (TPSA) is 0 Å². The van der Waals surface area contributed by atoms with E-state index in [9.17, 15) is 0 Å². The van der Waals surface area contributed by atoms with Crippen molar-refractivity contribution in [2.24, 2.45) is 0 Å². The van der Waals surface area contributed by atoms with Crippen LogP contribution in [-0.4, -0.2) is 0 Å². The normalized spacial score (nSPS) is 14.0. The maximum Gasteiger partial charge on any atom is 0.0723 e. The third-order valence-electron chi connectivity index (χ3n) is 7.14. The third kappa shape index (κ3) is 2.81. The van der Waals surface area contributed by atoms with Gasteiger partial charge < -0.3 is 0 Å². The Balaban J connectivity index is 1.69. The van der Waals surface area contributed by atoms with Crippen molar-refractivity contribution < 1.29 is 0 Å². The molecule has 0 fully saturated rings. The molecule has 0 bridgehead atoms. The molecular weight excluding hydrogens is 428 g/mol. The van der Waals surface area contributed by atoms with E-state index < -0.39 is 5.41 Å². The fraction of sp³-hybridized carbons (Fsp3) is 0.0303. The van der Waals surface area contributed by atoms with Gasteiger partial charge in [-0.05, 0) is 68.1 Å². The Labute approximate surface area is 203 Å². The van der Waals surface area contributed by atoms with Gasteiger partial charge in [-0.25, -0.2) is 0 Å². The number of hydrogen-bond donors (Lipinski definition) is 0.